The number of hydrogen-bond donors (Lipinski definition) is 2. The van der Waals surface area contributed by atoms with E-state index in [-0.39, 0.29) is 12.5 Å². The van der Waals surface area contributed by atoms with Gasteiger partial charge in [0.2, 0.25) is 5.91 Å². The molecule has 1 aliphatic heterocycles. The smallest absolute Gasteiger partial charge is 0.332 e. The van der Waals surface area contributed by atoms with Gasteiger partial charge in [0, 0.05) is 6.92 Å². The lowest BCUT2D eigenvalue weighted by molar-refractivity contribution is -0.120. The van der Waals surface area contributed by atoms with E-state index in [1.54, 1.807) is 19.1 Å². The molecule has 1 aliphatic rings. The molecular weight excluding hydrogens is 245 g/mol. The molecule has 1 fully saturated rings. The molecule has 17 heavy (non-hydrogen) atoms. The average molecular weight is 263 g/mol. The highest BCUT2D eigenvalue weighted by molar-refractivity contribution is 7.41. The first-order valence-electron chi connectivity index (χ1n) is 5.40. The lowest BCUT2D eigenvalue weighted by Gasteiger charge is -2.21. The van der Waals surface area contributed by atoms with Gasteiger partial charge >= 0.3 is 8.60 Å². The Morgan fingerprint density at radius 2 is 2.24 bits per heavy atom. The van der Waals surface area contributed by atoms with Gasteiger partial charge in [0.15, 0.2) is 0 Å². The SMILES string of the molecule is C/C=C/[C@@H](O)[C@H](COP1OCCO1)NC(C)=O. The largest absolute Gasteiger partial charge is 0.387 e. The summed E-state index contributed by atoms with van der Waals surface area (Å²) in [6.07, 6.45) is 2.52. The fraction of sp³-hybridized carbons (Fsp3) is 0.700. The van der Waals surface area contributed by atoms with Crippen molar-refractivity contribution in [2.75, 3.05) is 19.8 Å². The topological polar surface area (TPSA) is 77.0 Å². The molecule has 7 heteroatoms. The van der Waals surface area contributed by atoms with Crippen LogP contribution in [0.15, 0.2) is 12.2 Å². The van der Waals surface area contributed by atoms with Crippen molar-refractivity contribution in [3.63, 3.8) is 0 Å². The third-order valence-corrected chi connectivity index (χ3v) is 3.17. The van der Waals surface area contributed by atoms with E-state index >= 15 is 0 Å². The van der Waals surface area contributed by atoms with Crippen LogP contribution in [-0.2, 0) is 18.4 Å². The van der Waals surface area contributed by atoms with Crippen molar-refractivity contribution in [1.29, 1.82) is 0 Å². The maximum atomic E-state index is 11.0. The molecule has 1 heterocycles. The molecule has 6 nitrogen and oxygen atoms in total. The number of carbonyl (C=O) groups excluding carboxylic acids is 1. The average Bonchev–Trinajstić information content (AvgIpc) is 2.76. The van der Waals surface area contributed by atoms with Gasteiger partial charge in [-0.15, -0.1) is 0 Å². The first-order valence-corrected chi connectivity index (χ1v) is 6.50. The summed E-state index contributed by atoms with van der Waals surface area (Å²) in [5, 5.41) is 12.4. The van der Waals surface area contributed by atoms with Crippen LogP contribution in [0.1, 0.15) is 13.8 Å². The first-order chi connectivity index (χ1) is 8.13. The van der Waals surface area contributed by atoms with Crippen LogP contribution in [-0.4, -0.2) is 43.0 Å². The van der Waals surface area contributed by atoms with Crippen LogP contribution in [0, 0.1) is 0 Å². The second-order valence-corrected chi connectivity index (χ2v) is 4.73. The molecule has 98 valence electrons. The quantitative estimate of drug-likeness (QED) is 0.545. The van der Waals surface area contributed by atoms with Crippen molar-refractivity contribution < 1.29 is 23.5 Å². The molecular formula is C10H18NO5P. The molecule has 1 saturated heterocycles. The van der Waals surface area contributed by atoms with Crippen molar-refractivity contribution >= 4 is 14.5 Å². The van der Waals surface area contributed by atoms with Crippen LogP contribution >= 0.6 is 8.60 Å². The molecule has 0 aromatic rings. The van der Waals surface area contributed by atoms with Crippen LogP contribution in [0.25, 0.3) is 0 Å². The van der Waals surface area contributed by atoms with Crippen molar-refractivity contribution in [1.82, 2.24) is 5.32 Å². The van der Waals surface area contributed by atoms with Gasteiger partial charge in [0.05, 0.1) is 32.0 Å². The maximum absolute atomic E-state index is 11.0. The molecule has 0 saturated carbocycles. The Labute approximate surface area is 102 Å². The Kier molecular flexibility index (Phi) is 6.62. The summed E-state index contributed by atoms with van der Waals surface area (Å²) in [6.45, 7) is 4.38. The number of aliphatic hydroxyl groups is 1. The molecule has 0 aromatic heterocycles. The minimum atomic E-state index is -1.32. The maximum Gasteiger partial charge on any atom is 0.332 e. The third kappa shape index (κ3) is 5.57. The highest BCUT2D eigenvalue weighted by Gasteiger charge is 2.24. The number of amides is 1. The Morgan fingerprint density at radius 1 is 1.59 bits per heavy atom. The predicted octanol–water partition coefficient (Wildman–Crippen LogP) is 0.718. The highest BCUT2D eigenvalue weighted by atomic mass is 31.2. The number of carbonyl (C=O) groups is 1. The second-order valence-electron chi connectivity index (χ2n) is 3.51. The van der Waals surface area contributed by atoms with Crippen molar-refractivity contribution in [2.45, 2.75) is 26.0 Å². The van der Waals surface area contributed by atoms with Crippen molar-refractivity contribution in [3.8, 4) is 0 Å². The summed E-state index contributed by atoms with van der Waals surface area (Å²) < 4.78 is 15.7. The van der Waals surface area contributed by atoms with Gasteiger partial charge in [-0.25, -0.2) is 0 Å². The van der Waals surface area contributed by atoms with E-state index in [2.05, 4.69) is 5.32 Å². The summed E-state index contributed by atoms with van der Waals surface area (Å²) in [4.78, 5) is 11.0. The fourth-order valence-electron chi connectivity index (χ4n) is 1.29. The van der Waals surface area contributed by atoms with E-state index in [9.17, 15) is 9.90 Å². The van der Waals surface area contributed by atoms with Crippen LogP contribution in [0.4, 0.5) is 0 Å². The normalized spacial score (nSPS) is 20.6. The van der Waals surface area contributed by atoms with E-state index in [1.165, 1.54) is 6.92 Å². The van der Waals surface area contributed by atoms with Crippen molar-refractivity contribution in [3.05, 3.63) is 12.2 Å². The monoisotopic (exact) mass is 263 g/mol. The number of hydrogen-bond acceptors (Lipinski definition) is 5. The van der Waals surface area contributed by atoms with Gasteiger partial charge in [-0.05, 0) is 6.92 Å². The molecule has 0 bridgehead atoms. The Morgan fingerprint density at radius 3 is 2.76 bits per heavy atom. The predicted molar refractivity (Wildman–Crippen MR) is 63.2 cm³/mol. The van der Waals surface area contributed by atoms with Gasteiger partial charge in [-0.1, -0.05) is 12.2 Å². The molecule has 0 radical (unpaired) electrons. The Balaban J connectivity index is 2.41. The standard InChI is InChI=1S/C10H18NO5P/c1-3-4-10(13)9(11-8(2)12)7-16-17-14-5-6-15-17/h3-4,9-10,13H,5-7H2,1-2H3,(H,11,12)/b4-3+/t9-,10+/m0/s1. The van der Waals surface area contributed by atoms with E-state index in [0.29, 0.717) is 13.2 Å². The lowest BCUT2D eigenvalue weighted by Crippen LogP contribution is -2.44. The number of nitrogens with one attached hydrogen (secondary N) is 1. The second kappa shape index (κ2) is 7.74. The minimum absolute atomic E-state index is 0.150. The van der Waals surface area contributed by atoms with E-state index in [1.807, 2.05) is 0 Å². The number of rotatable bonds is 6. The van der Waals surface area contributed by atoms with E-state index < -0.39 is 20.7 Å². The van der Waals surface area contributed by atoms with Crippen LogP contribution < -0.4 is 5.32 Å². The van der Waals surface area contributed by atoms with Crippen LogP contribution in [0.5, 0.6) is 0 Å². The first kappa shape index (κ1) is 14.5. The summed E-state index contributed by atoms with van der Waals surface area (Å²) in [7, 11) is -1.32. The van der Waals surface area contributed by atoms with Crippen LogP contribution in [0.2, 0.25) is 0 Å². The minimum Gasteiger partial charge on any atom is -0.387 e. The molecule has 2 atom stereocenters. The van der Waals surface area contributed by atoms with Gasteiger partial charge < -0.3 is 24.0 Å². The van der Waals surface area contributed by atoms with Gasteiger partial charge in [-0.3, -0.25) is 4.79 Å². The zero-order valence-corrected chi connectivity index (χ0v) is 10.9. The molecule has 2 N–H and O–H groups in total. The molecule has 0 unspecified atom stereocenters. The molecule has 0 spiro atoms. The third-order valence-electron chi connectivity index (χ3n) is 2.03. The van der Waals surface area contributed by atoms with Gasteiger partial charge in [-0.2, -0.15) is 0 Å². The number of allylic oxidation sites excluding steroid dienone is 1. The summed E-state index contributed by atoms with van der Waals surface area (Å²) in [5.74, 6) is -0.219. The Hall–Kier alpha value is -0.520. The van der Waals surface area contributed by atoms with E-state index in [0.717, 1.165) is 0 Å². The fourth-order valence-corrected chi connectivity index (χ4v) is 2.25. The summed E-state index contributed by atoms with van der Waals surface area (Å²) in [6, 6.07) is -0.501. The zero-order valence-electron chi connectivity index (χ0n) is 9.96. The summed E-state index contributed by atoms with van der Waals surface area (Å²) in [5.41, 5.74) is 0. The molecule has 0 aliphatic carbocycles. The van der Waals surface area contributed by atoms with Crippen LogP contribution in [0.3, 0.4) is 0 Å². The van der Waals surface area contributed by atoms with Crippen molar-refractivity contribution in [2.24, 2.45) is 0 Å². The zero-order chi connectivity index (χ0) is 12.7. The highest BCUT2D eigenvalue weighted by Crippen LogP contribution is 2.43. The Bertz CT molecular complexity index is 267. The van der Waals surface area contributed by atoms with E-state index in [4.69, 9.17) is 13.6 Å². The molecule has 0 aromatic carbocycles. The van der Waals surface area contributed by atoms with Gasteiger partial charge in [0.1, 0.15) is 0 Å². The molecule has 1 amide bonds. The number of aliphatic hydroxyl groups excluding tert-OH is 1. The molecule has 1 rings (SSSR count). The lowest BCUT2D eigenvalue weighted by atomic mass is 10.1. The summed E-state index contributed by atoms with van der Waals surface area (Å²) >= 11 is 0. The van der Waals surface area contributed by atoms with Gasteiger partial charge in [0.25, 0.3) is 0 Å².